The predicted molar refractivity (Wildman–Crippen MR) is 64.9 cm³/mol. The van der Waals surface area contributed by atoms with E-state index >= 15 is 0 Å². The molecule has 0 aliphatic carbocycles. The zero-order valence-electron chi connectivity index (χ0n) is 11.7. The van der Waals surface area contributed by atoms with Gasteiger partial charge in [0.05, 0.1) is 6.61 Å². The molecular formula is C10H8F13IO. The fourth-order valence-electron chi connectivity index (χ4n) is 1.43. The van der Waals surface area contributed by atoms with Crippen LogP contribution >= 0.6 is 22.6 Å². The molecule has 0 amide bonds. The van der Waals surface area contributed by atoms with E-state index < -0.39 is 52.2 Å². The maximum absolute atomic E-state index is 13.4. The van der Waals surface area contributed by atoms with Crippen LogP contribution in [-0.2, 0) is 0 Å². The van der Waals surface area contributed by atoms with E-state index in [4.69, 9.17) is 5.11 Å². The second-order valence-corrected chi connectivity index (χ2v) is 7.85. The monoisotopic (exact) mass is 518 g/mol. The highest BCUT2D eigenvalue weighted by Gasteiger charge is 2.90. The molecule has 0 bridgehead atoms. The minimum absolute atomic E-state index is 0.595. The number of alkyl halides is 14. The number of aliphatic hydroxyl groups excluding tert-OH is 1. The van der Waals surface area contributed by atoms with E-state index in [2.05, 4.69) is 0 Å². The van der Waals surface area contributed by atoms with Crippen LogP contribution in [0.25, 0.3) is 0 Å². The van der Waals surface area contributed by atoms with Crippen LogP contribution < -0.4 is 0 Å². The van der Waals surface area contributed by atoms with Gasteiger partial charge < -0.3 is 5.11 Å². The van der Waals surface area contributed by atoms with Crippen molar-refractivity contribution in [2.24, 2.45) is 0 Å². The molecule has 25 heavy (non-hydrogen) atoms. The van der Waals surface area contributed by atoms with Crippen molar-refractivity contribution in [3.05, 3.63) is 0 Å². The molecule has 152 valence electrons. The van der Waals surface area contributed by atoms with Crippen LogP contribution in [0.2, 0.25) is 0 Å². The van der Waals surface area contributed by atoms with Gasteiger partial charge in [-0.25, -0.2) is 0 Å². The van der Waals surface area contributed by atoms with Gasteiger partial charge in [0.25, 0.3) is 0 Å². The Labute approximate surface area is 144 Å². The van der Waals surface area contributed by atoms with Crippen molar-refractivity contribution in [2.75, 3.05) is 6.61 Å². The average Bonchev–Trinajstić information content (AvgIpc) is 2.35. The summed E-state index contributed by atoms with van der Waals surface area (Å²) in [4.78, 5) is 0. The van der Waals surface area contributed by atoms with Crippen LogP contribution in [0.4, 0.5) is 57.1 Å². The summed E-state index contributed by atoms with van der Waals surface area (Å²) in [5, 5.41) is 8.63. The Morgan fingerprint density at radius 2 is 0.960 bits per heavy atom. The molecule has 0 saturated heterocycles. The molecule has 0 fully saturated rings. The van der Waals surface area contributed by atoms with Crippen molar-refractivity contribution < 1.29 is 62.2 Å². The normalized spacial score (nSPS) is 18.2. The molecule has 1 unspecified atom stereocenters. The molecule has 0 aliphatic rings. The van der Waals surface area contributed by atoms with Crippen molar-refractivity contribution in [3.8, 4) is 0 Å². The van der Waals surface area contributed by atoms with E-state index in [1.807, 2.05) is 0 Å². The summed E-state index contributed by atoms with van der Waals surface area (Å²) in [6.07, 6.45) is -9.85. The van der Waals surface area contributed by atoms with Crippen molar-refractivity contribution in [2.45, 2.75) is 52.6 Å². The molecule has 0 rings (SSSR count). The van der Waals surface area contributed by atoms with Crippen molar-refractivity contribution in [3.63, 3.8) is 0 Å². The van der Waals surface area contributed by atoms with Gasteiger partial charge >= 0.3 is 35.8 Å². The maximum Gasteiger partial charge on any atom is 0.460 e. The third kappa shape index (κ3) is 3.90. The maximum atomic E-state index is 13.4. The van der Waals surface area contributed by atoms with Crippen molar-refractivity contribution in [1.29, 1.82) is 0 Å². The van der Waals surface area contributed by atoms with Gasteiger partial charge in [-0.15, -0.1) is 0 Å². The van der Waals surface area contributed by atoms with Crippen LogP contribution in [-0.4, -0.2) is 50.9 Å². The Morgan fingerprint density at radius 1 is 0.640 bits per heavy atom. The lowest BCUT2D eigenvalue weighted by atomic mass is 9.90. The summed E-state index contributed by atoms with van der Waals surface area (Å²) in [6, 6.07) is 0. The highest BCUT2D eigenvalue weighted by Crippen LogP contribution is 2.61. The standard InChI is InChI=1S/C10H8F13IO/c1-4(24,3-25)2-5(11,12)6(13,14)7(15,16)8(17,18)9(19,20)10(21,22)23/h25H,2-3H2,1H3. The van der Waals surface area contributed by atoms with E-state index in [1.54, 1.807) is 0 Å². The van der Waals surface area contributed by atoms with E-state index in [0.29, 0.717) is 6.92 Å². The predicted octanol–water partition coefficient (Wildman–Crippen LogP) is 5.30. The molecule has 0 saturated carbocycles. The van der Waals surface area contributed by atoms with Crippen LogP contribution in [0.3, 0.4) is 0 Å². The molecule has 15 heteroatoms. The molecule has 1 atom stereocenters. The number of hydrogen-bond acceptors (Lipinski definition) is 1. The SMILES string of the molecule is CC(I)(CO)CC(F)(F)C(F)(F)C(F)(F)C(F)(F)C(F)(F)C(F)(F)F. The Morgan fingerprint density at radius 3 is 1.24 bits per heavy atom. The molecular weight excluding hydrogens is 510 g/mol. The fourth-order valence-corrected chi connectivity index (χ4v) is 1.91. The quantitative estimate of drug-likeness (QED) is 0.276. The highest BCUT2D eigenvalue weighted by molar-refractivity contribution is 14.1. The third-order valence-electron chi connectivity index (χ3n) is 2.92. The van der Waals surface area contributed by atoms with Crippen LogP contribution in [0.15, 0.2) is 0 Å². The van der Waals surface area contributed by atoms with Crippen LogP contribution in [0.5, 0.6) is 0 Å². The van der Waals surface area contributed by atoms with Gasteiger partial charge in [0.2, 0.25) is 0 Å². The molecule has 1 nitrogen and oxygen atoms in total. The topological polar surface area (TPSA) is 20.2 Å². The minimum atomic E-state index is -7.90. The Hall–Kier alpha value is -0.220. The molecule has 0 radical (unpaired) electrons. The van der Waals surface area contributed by atoms with Crippen LogP contribution in [0.1, 0.15) is 13.3 Å². The van der Waals surface area contributed by atoms with Gasteiger partial charge in [-0.3, -0.25) is 0 Å². The first-order chi connectivity index (χ1) is 10.5. The largest absolute Gasteiger partial charge is 0.460 e. The Kier molecular flexibility index (Phi) is 6.38. The van der Waals surface area contributed by atoms with Gasteiger partial charge in [-0.2, -0.15) is 57.1 Å². The summed E-state index contributed by atoms with van der Waals surface area (Å²) in [5.41, 5.74) is 0. The first kappa shape index (κ1) is 24.8. The van der Waals surface area contributed by atoms with Crippen LogP contribution in [0, 0.1) is 0 Å². The summed E-state index contributed by atoms with van der Waals surface area (Å²) in [5.74, 6) is -36.9. The lowest BCUT2D eigenvalue weighted by Gasteiger charge is -2.41. The van der Waals surface area contributed by atoms with Gasteiger partial charge in [0.1, 0.15) is 0 Å². The van der Waals surface area contributed by atoms with Gasteiger partial charge in [0, 0.05) is 9.84 Å². The van der Waals surface area contributed by atoms with E-state index in [0.717, 1.165) is 22.6 Å². The molecule has 0 aliphatic heterocycles. The highest BCUT2D eigenvalue weighted by atomic mass is 127. The summed E-state index contributed by atoms with van der Waals surface area (Å²) >= 11 is 0.859. The first-order valence-corrected chi connectivity index (χ1v) is 6.85. The van der Waals surface area contributed by atoms with Gasteiger partial charge in [-0.05, 0) is 6.92 Å². The number of rotatable bonds is 7. The lowest BCUT2D eigenvalue weighted by Crippen LogP contribution is -2.70. The summed E-state index contributed by atoms with van der Waals surface area (Å²) < 4.78 is 164. The second-order valence-electron chi connectivity index (χ2n) is 5.25. The number of aliphatic hydroxyl groups is 1. The second kappa shape index (κ2) is 6.44. The van der Waals surface area contributed by atoms with E-state index in [1.165, 1.54) is 0 Å². The number of hydrogen-bond donors (Lipinski definition) is 1. The zero-order valence-corrected chi connectivity index (χ0v) is 13.8. The fraction of sp³-hybridized carbons (Fsp3) is 1.00. The van der Waals surface area contributed by atoms with Gasteiger partial charge in [-0.1, -0.05) is 22.6 Å². The third-order valence-corrected chi connectivity index (χ3v) is 3.64. The molecule has 1 N–H and O–H groups in total. The number of halogens is 14. The Bertz CT molecular complexity index is 482. The average molecular weight is 518 g/mol. The van der Waals surface area contributed by atoms with Crippen molar-refractivity contribution >= 4 is 22.6 Å². The van der Waals surface area contributed by atoms with E-state index in [-0.39, 0.29) is 0 Å². The first-order valence-electron chi connectivity index (χ1n) is 5.77. The lowest BCUT2D eigenvalue weighted by molar-refractivity contribution is -0.440. The molecule has 0 aromatic heterocycles. The van der Waals surface area contributed by atoms with E-state index in [9.17, 15) is 57.1 Å². The van der Waals surface area contributed by atoms with Crippen molar-refractivity contribution in [1.82, 2.24) is 0 Å². The molecule has 0 aromatic carbocycles. The molecule has 0 heterocycles. The zero-order chi connectivity index (χ0) is 20.9. The smallest absolute Gasteiger partial charge is 0.395 e. The van der Waals surface area contributed by atoms with Gasteiger partial charge in [0.15, 0.2) is 0 Å². The summed E-state index contributed by atoms with van der Waals surface area (Å²) in [6.45, 7) is -0.752. The molecule has 0 aromatic rings. The Balaban J connectivity index is 6.21. The molecule has 0 spiro atoms. The minimum Gasteiger partial charge on any atom is -0.395 e. The summed E-state index contributed by atoms with van der Waals surface area (Å²) in [7, 11) is 0.